The van der Waals surface area contributed by atoms with Gasteiger partial charge in [-0.2, -0.15) is 5.10 Å². The summed E-state index contributed by atoms with van der Waals surface area (Å²) in [6.45, 7) is 2.45. The molecule has 2 saturated carbocycles. The van der Waals surface area contributed by atoms with Crippen LogP contribution in [-0.2, 0) is 19.9 Å². The molecule has 1 heterocycles. The van der Waals surface area contributed by atoms with E-state index in [1.54, 1.807) is 0 Å². The number of hydrogen-bond acceptors (Lipinski definition) is 2. The number of halogens is 1. The molecule has 3 nitrogen and oxygen atoms in total. The lowest BCUT2D eigenvalue weighted by molar-refractivity contribution is 0.115. The van der Waals surface area contributed by atoms with Crippen molar-refractivity contribution in [2.24, 2.45) is 24.3 Å². The van der Waals surface area contributed by atoms with Crippen molar-refractivity contribution in [3.8, 4) is 0 Å². The molecule has 1 N–H and O–H groups in total. The van der Waals surface area contributed by atoms with Gasteiger partial charge in [-0.3, -0.25) is 4.68 Å². The summed E-state index contributed by atoms with van der Waals surface area (Å²) in [7, 11) is 2.01. The van der Waals surface area contributed by atoms with E-state index in [0.717, 1.165) is 34.8 Å². The average Bonchev–Trinajstić information content (AvgIpc) is 2.90. The van der Waals surface area contributed by atoms with Gasteiger partial charge >= 0.3 is 0 Å². The molecule has 0 spiro atoms. The van der Waals surface area contributed by atoms with E-state index in [4.69, 9.17) is 0 Å². The molecule has 2 unspecified atom stereocenters. The Morgan fingerprint density at radius 2 is 2.11 bits per heavy atom. The van der Waals surface area contributed by atoms with E-state index in [-0.39, 0.29) is 5.41 Å². The standard InChI is InChI=1S/C14H21BrN2O/c1-3-11-13(15)12(17(2)16-11)7-14(8-18)5-9-4-10(9)6-14/h9-10,18H,3-8H2,1-2H3. The van der Waals surface area contributed by atoms with Crippen molar-refractivity contribution < 1.29 is 5.11 Å². The third-order valence-electron chi connectivity index (χ3n) is 4.84. The third-order valence-corrected chi connectivity index (χ3v) is 5.76. The first-order valence-corrected chi connectivity index (χ1v) is 7.69. The van der Waals surface area contributed by atoms with Gasteiger partial charge in [0, 0.05) is 13.7 Å². The summed E-state index contributed by atoms with van der Waals surface area (Å²) in [5.74, 6) is 1.80. The van der Waals surface area contributed by atoms with Crippen LogP contribution in [0.5, 0.6) is 0 Å². The van der Waals surface area contributed by atoms with Gasteiger partial charge in [-0.05, 0) is 65.3 Å². The maximum absolute atomic E-state index is 9.82. The highest BCUT2D eigenvalue weighted by Crippen LogP contribution is 2.60. The van der Waals surface area contributed by atoms with Gasteiger partial charge in [0.05, 0.1) is 15.9 Å². The fraction of sp³-hybridized carbons (Fsp3) is 0.786. The van der Waals surface area contributed by atoms with Gasteiger partial charge in [-0.25, -0.2) is 0 Å². The maximum Gasteiger partial charge on any atom is 0.0766 e. The summed E-state index contributed by atoms with van der Waals surface area (Å²) in [6, 6.07) is 0. The van der Waals surface area contributed by atoms with Crippen molar-refractivity contribution in [2.75, 3.05) is 6.61 Å². The van der Waals surface area contributed by atoms with Crippen LogP contribution in [0.2, 0.25) is 0 Å². The SMILES string of the molecule is CCc1nn(C)c(CC2(CO)CC3CC3C2)c1Br. The number of nitrogens with zero attached hydrogens (tertiary/aromatic N) is 2. The number of rotatable bonds is 4. The lowest BCUT2D eigenvalue weighted by Crippen LogP contribution is -2.27. The molecule has 100 valence electrons. The van der Waals surface area contributed by atoms with E-state index in [1.807, 2.05) is 11.7 Å². The quantitative estimate of drug-likeness (QED) is 0.928. The molecule has 1 aromatic rings. The van der Waals surface area contributed by atoms with Crippen LogP contribution in [0, 0.1) is 17.3 Å². The molecule has 0 aliphatic heterocycles. The van der Waals surface area contributed by atoms with Gasteiger partial charge in [0.25, 0.3) is 0 Å². The second kappa shape index (κ2) is 4.34. The Hall–Kier alpha value is -0.350. The second-order valence-electron chi connectivity index (χ2n) is 6.18. The number of hydrogen-bond donors (Lipinski definition) is 1. The van der Waals surface area contributed by atoms with Crippen molar-refractivity contribution in [3.63, 3.8) is 0 Å². The first-order chi connectivity index (χ1) is 8.58. The summed E-state index contributed by atoms with van der Waals surface area (Å²) < 4.78 is 3.14. The zero-order valence-electron chi connectivity index (χ0n) is 11.1. The Balaban J connectivity index is 1.85. The van der Waals surface area contributed by atoms with Crippen LogP contribution in [0.25, 0.3) is 0 Å². The van der Waals surface area contributed by atoms with Gasteiger partial charge in [0.15, 0.2) is 0 Å². The molecule has 0 amide bonds. The van der Waals surface area contributed by atoms with Crippen LogP contribution < -0.4 is 0 Å². The number of aliphatic hydroxyl groups excluding tert-OH is 1. The van der Waals surface area contributed by atoms with Crippen LogP contribution >= 0.6 is 15.9 Å². The van der Waals surface area contributed by atoms with Gasteiger partial charge in [0.1, 0.15) is 0 Å². The third kappa shape index (κ3) is 1.94. The molecule has 2 aliphatic rings. The van der Waals surface area contributed by atoms with E-state index >= 15 is 0 Å². The van der Waals surface area contributed by atoms with E-state index in [1.165, 1.54) is 25.0 Å². The molecule has 2 atom stereocenters. The number of aliphatic hydroxyl groups is 1. The van der Waals surface area contributed by atoms with Crippen molar-refractivity contribution >= 4 is 15.9 Å². The molecule has 2 fully saturated rings. The Labute approximate surface area is 117 Å². The summed E-state index contributed by atoms with van der Waals surface area (Å²) in [6.07, 6.45) is 5.71. The maximum atomic E-state index is 9.82. The van der Waals surface area contributed by atoms with Gasteiger partial charge in [-0.1, -0.05) is 6.92 Å². The van der Waals surface area contributed by atoms with E-state index in [2.05, 4.69) is 28.0 Å². The van der Waals surface area contributed by atoms with Crippen LogP contribution in [-0.4, -0.2) is 21.5 Å². The Bertz CT molecular complexity index is 459. The van der Waals surface area contributed by atoms with Crippen LogP contribution in [0.1, 0.15) is 37.6 Å². The molecule has 18 heavy (non-hydrogen) atoms. The van der Waals surface area contributed by atoms with E-state index in [0.29, 0.717) is 6.61 Å². The molecular weight excluding hydrogens is 292 g/mol. The fourth-order valence-corrected chi connectivity index (χ4v) is 4.46. The first kappa shape index (κ1) is 12.7. The van der Waals surface area contributed by atoms with Gasteiger partial charge in [0.2, 0.25) is 0 Å². The molecule has 4 heteroatoms. The highest BCUT2D eigenvalue weighted by molar-refractivity contribution is 9.10. The molecule has 0 aromatic carbocycles. The van der Waals surface area contributed by atoms with Crippen LogP contribution in [0.3, 0.4) is 0 Å². The Morgan fingerprint density at radius 3 is 2.61 bits per heavy atom. The van der Waals surface area contributed by atoms with Gasteiger partial charge in [-0.15, -0.1) is 0 Å². The van der Waals surface area contributed by atoms with Crippen molar-refractivity contribution in [1.29, 1.82) is 0 Å². The molecular formula is C14H21BrN2O. The fourth-order valence-electron chi connectivity index (χ4n) is 3.70. The highest BCUT2D eigenvalue weighted by atomic mass is 79.9. The second-order valence-corrected chi connectivity index (χ2v) is 6.98. The van der Waals surface area contributed by atoms with E-state index < -0.39 is 0 Å². The zero-order valence-corrected chi connectivity index (χ0v) is 12.7. The lowest BCUT2D eigenvalue weighted by atomic mass is 9.79. The molecule has 1 aromatic heterocycles. The molecule has 0 radical (unpaired) electrons. The van der Waals surface area contributed by atoms with E-state index in [9.17, 15) is 5.11 Å². The lowest BCUT2D eigenvalue weighted by Gasteiger charge is -2.28. The topological polar surface area (TPSA) is 38.0 Å². The summed E-state index contributed by atoms with van der Waals surface area (Å²) in [4.78, 5) is 0. The molecule has 0 saturated heterocycles. The number of aryl methyl sites for hydroxylation is 2. The monoisotopic (exact) mass is 312 g/mol. The predicted octanol–water partition coefficient (Wildman–Crippen LogP) is 2.70. The molecule has 3 rings (SSSR count). The summed E-state index contributed by atoms with van der Waals surface area (Å²) >= 11 is 3.68. The van der Waals surface area contributed by atoms with Crippen molar-refractivity contribution in [1.82, 2.24) is 9.78 Å². The molecule has 0 bridgehead atoms. The Kier molecular flexibility index (Phi) is 3.06. The number of aromatic nitrogens is 2. The average molecular weight is 313 g/mol. The van der Waals surface area contributed by atoms with Gasteiger partial charge < -0.3 is 5.11 Å². The zero-order chi connectivity index (χ0) is 12.9. The normalized spacial score (nSPS) is 33.8. The largest absolute Gasteiger partial charge is 0.396 e. The summed E-state index contributed by atoms with van der Waals surface area (Å²) in [5.41, 5.74) is 2.50. The Morgan fingerprint density at radius 1 is 1.44 bits per heavy atom. The van der Waals surface area contributed by atoms with Crippen LogP contribution in [0.15, 0.2) is 4.47 Å². The number of fused-ring (bicyclic) bond motifs is 1. The minimum absolute atomic E-state index is 0.120. The minimum Gasteiger partial charge on any atom is -0.396 e. The minimum atomic E-state index is 0.120. The predicted molar refractivity (Wildman–Crippen MR) is 74.3 cm³/mol. The van der Waals surface area contributed by atoms with Crippen molar-refractivity contribution in [2.45, 2.75) is 39.0 Å². The smallest absolute Gasteiger partial charge is 0.0766 e. The molecule has 2 aliphatic carbocycles. The summed E-state index contributed by atoms with van der Waals surface area (Å²) in [5, 5.41) is 14.4. The van der Waals surface area contributed by atoms with Crippen LogP contribution in [0.4, 0.5) is 0 Å². The highest BCUT2D eigenvalue weighted by Gasteiger charge is 2.53. The van der Waals surface area contributed by atoms with Crippen molar-refractivity contribution in [3.05, 3.63) is 15.9 Å². The first-order valence-electron chi connectivity index (χ1n) is 6.89.